The topological polar surface area (TPSA) is 142 Å². The summed E-state index contributed by atoms with van der Waals surface area (Å²) in [4.78, 5) is 47.0. The molecule has 0 saturated carbocycles. The Morgan fingerprint density at radius 2 is 1.60 bits per heavy atom. The fourth-order valence-electron chi connectivity index (χ4n) is 3.64. The molecule has 4 atom stereocenters. The van der Waals surface area contributed by atoms with Gasteiger partial charge in [-0.05, 0) is 13.0 Å². The van der Waals surface area contributed by atoms with E-state index < -0.39 is 48.5 Å². The molecular formula is C23H30O12. The van der Waals surface area contributed by atoms with Crippen LogP contribution in [-0.4, -0.2) is 76.4 Å². The number of methoxy groups -OCH3 is 3. The first kappa shape index (κ1) is 27.7. The minimum absolute atomic E-state index is 0.0434. The molecule has 0 aromatic heterocycles. The molecule has 0 amide bonds. The molecule has 35 heavy (non-hydrogen) atoms. The zero-order valence-corrected chi connectivity index (χ0v) is 20.7. The van der Waals surface area contributed by atoms with Crippen LogP contribution in [0, 0.1) is 6.92 Å². The number of rotatable bonds is 9. The van der Waals surface area contributed by atoms with E-state index in [1.165, 1.54) is 48.2 Å². The first-order valence-electron chi connectivity index (χ1n) is 10.7. The molecule has 12 heteroatoms. The molecule has 1 aliphatic heterocycles. The lowest BCUT2D eigenvalue weighted by molar-refractivity contribution is -0.246. The second-order valence-electron chi connectivity index (χ2n) is 7.59. The number of hydrogen-bond acceptors (Lipinski definition) is 12. The normalized spacial score (nSPS) is 21.3. The van der Waals surface area contributed by atoms with Crippen molar-refractivity contribution >= 4 is 23.9 Å². The van der Waals surface area contributed by atoms with Crippen LogP contribution in [0.3, 0.4) is 0 Å². The average Bonchev–Trinajstić information content (AvgIpc) is 2.78. The molecule has 1 aliphatic rings. The highest BCUT2D eigenvalue weighted by atomic mass is 16.7. The van der Waals surface area contributed by atoms with Crippen LogP contribution in [0.4, 0.5) is 0 Å². The molecule has 0 N–H and O–H groups in total. The number of benzene rings is 1. The summed E-state index contributed by atoms with van der Waals surface area (Å²) in [5.41, 5.74) is 0.635. The lowest BCUT2D eigenvalue weighted by Crippen LogP contribution is -2.54. The van der Waals surface area contributed by atoms with Crippen molar-refractivity contribution in [3.63, 3.8) is 0 Å². The van der Waals surface area contributed by atoms with Gasteiger partial charge in [-0.15, -0.1) is 0 Å². The van der Waals surface area contributed by atoms with Crippen LogP contribution in [0.2, 0.25) is 0 Å². The van der Waals surface area contributed by atoms with Crippen molar-refractivity contribution in [2.45, 2.75) is 58.7 Å². The summed E-state index contributed by atoms with van der Waals surface area (Å²) in [5.74, 6) is -1.98. The first-order chi connectivity index (χ1) is 16.5. The quantitative estimate of drug-likeness (QED) is 0.361. The monoisotopic (exact) mass is 498 g/mol. The summed E-state index contributed by atoms with van der Waals surface area (Å²) in [5, 5.41) is 0. The molecule has 1 fully saturated rings. The fraction of sp³-hybridized carbons (Fsp3) is 0.565. The summed E-state index contributed by atoms with van der Waals surface area (Å²) in [6, 6.07) is 1.43. The summed E-state index contributed by atoms with van der Waals surface area (Å²) in [6.07, 6.45) is -4.15. The van der Waals surface area contributed by atoms with Crippen molar-refractivity contribution in [3.05, 3.63) is 17.2 Å². The van der Waals surface area contributed by atoms with Gasteiger partial charge in [0, 0.05) is 26.3 Å². The van der Waals surface area contributed by atoms with E-state index in [0.29, 0.717) is 5.56 Å². The predicted octanol–water partition coefficient (Wildman–Crippen LogP) is 1.72. The minimum Gasteiger partial charge on any atom is -0.493 e. The Labute approximate surface area is 202 Å². The van der Waals surface area contributed by atoms with Gasteiger partial charge in [-0.3, -0.25) is 14.4 Å². The van der Waals surface area contributed by atoms with Crippen molar-refractivity contribution in [3.8, 4) is 17.2 Å². The Bertz CT molecular complexity index is 956. The maximum atomic E-state index is 12.2. The summed E-state index contributed by atoms with van der Waals surface area (Å²) >= 11 is 0. The third-order valence-electron chi connectivity index (χ3n) is 5.08. The minimum atomic E-state index is -1.07. The van der Waals surface area contributed by atoms with Crippen molar-refractivity contribution < 1.29 is 57.1 Å². The van der Waals surface area contributed by atoms with E-state index >= 15 is 0 Å². The van der Waals surface area contributed by atoms with E-state index in [2.05, 4.69) is 0 Å². The lowest BCUT2D eigenvalue weighted by Gasteiger charge is -2.40. The molecule has 1 unspecified atom stereocenters. The second kappa shape index (κ2) is 12.2. The van der Waals surface area contributed by atoms with Crippen molar-refractivity contribution in [2.24, 2.45) is 0 Å². The average molecular weight is 498 g/mol. The highest BCUT2D eigenvalue weighted by Gasteiger charge is 2.45. The van der Waals surface area contributed by atoms with Crippen LogP contribution < -0.4 is 14.2 Å². The molecule has 12 nitrogen and oxygen atoms in total. The van der Waals surface area contributed by atoms with Gasteiger partial charge in [0.15, 0.2) is 17.6 Å². The predicted molar refractivity (Wildman–Crippen MR) is 117 cm³/mol. The molecule has 0 aliphatic carbocycles. The highest BCUT2D eigenvalue weighted by molar-refractivity contribution is 5.93. The molecule has 1 aromatic carbocycles. The second-order valence-corrected chi connectivity index (χ2v) is 7.59. The number of carbonyl (C=O) groups is 4. The first-order valence-corrected chi connectivity index (χ1v) is 10.7. The van der Waals surface area contributed by atoms with Crippen LogP contribution in [0.15, 0.2) is 6.07 Å². The van der Waals surface area contributed by atoms with Crippen LogP contribution in [0.5, 0.6) is 17.2 Å². The lowest BCUT2D eigenvalue weighted by atomic mass is 10.0. The Morgan fingerprint density at radius 1 is 0.943 bits per heavy atom. The molecule has 0 bridgehead atoms. The van der Waals surface area contributed by atoms with Gasteiger partial charge in [0.2, 0.25) is 12.0 Å². The maximum Gasteiger partial charge on any atom is 0.338 e. The standard InChI is InChI=1S/C23H30O12/c1-11-15(23(27)30-7)8-16(28-5)22(20(11)29-6)35-19-9-17(32-13(3)25)21(33-14(4)26)18(34-19)10-31-12(2)24/h8,17-19,21H,9-10H2,1-7H3/t17-,18-,19?,21+/m1/s1. The van der Waals surface area contributed by atoms with E-state index in [4.69, 9.17) is 37.9 Å². The largest absolute Gasteiger partial charge is 0.493 e. The number of esters is 4. The molecule has 1 heterocycles. The Balaban J connectivity index is 2.46. The SMILES string of the molecule is COC(=O)c1cc(OC)c(OC2C[C@@H](OC(C)=O)[C@H](OC(C)=O)[C@@H](COC(C)=O)O2)c(OC)c1C. The molecule has 1 aromatic rings. The fourth-order valence-corrected chi connectivity index (χ4v) is 3.64. The van der Waals surface area contributed by atoms with E-state index in [-0.39, 0.29) is 35.8 Å². The summed E-state index contributed by atoms with van der Waals surface area (Å²) < 4.78 is 43.4. The number of ether oxygens (including phenoxy) is 8. The zero-order chi connectivity index (χ0) is 26.3. The number of carbonyl (C=O) groups excluding carboxylic acids is 4. The van der Waals surface area contributed by atoms with Crippen molar-refractivity contribution in [1.29, 1.82) is 0 Å². The van der Waals surface area contributed by atoms with Gasteiger partial charge in [-0.25, -0.2) is 4.79 Å². The van der Waals surface area contributed by atoms with Gasteiger partial charge in [0.1, 0.15) is 18.8 Å². The third kappa shape index (κ3) is 6.98. The Hall–Kier alpha value is -3.54. The summed E-state index contributed by atoms with van der Waals surface area (Å²) in [7, 11) is 4.01. The number of hydrogen-bond donors (Lipinski definition) is 0. The Morgan fingerprint density at radius 3 is 2.11 bits per heavy atom. The van der Waals surface area contributed by atoms with Crippen molar-refractivity contribution in [2.75, 3.05) is 27.9 Å². The zero-order valence-electron chi connectivity index (χ0n) is 20.7. The maximum absolute atomic E-state index is 12.2. The molecule has 1 saturated heterocycles. The highest BCUT2D eigenvalue weighted by Crippen LogP contribution is 2.43. The van der Waals surface area contributed by atoms with Crippen LogP contribution in [-0.2, 0) is 38.1 Å². The van der Waals surface area contributed by atoms with E-state index in [1.54, 1.807) is 6.92 Å². The molecular weight excluding hydrogens is 468 g/mol. The molecule has 194 valence electrons. The molecule has 2 rings (SSSR count). The van der Waals surface area contributed by atoms with Crippen molar-refractivity contribution in [1.82, 2.24) is 0 Å². The van der Waals surface area contributed by atoms with Gasteiger partial charge in [-0.1, -0.05) is 0 Å². The molecule has 0 radical (unpaired) electrons. The van der Waals surface area contributed by atoms with E-state index in [1.807, 2.05) is 0 Å². The van der Waals surface area contributed by atoms with E-state index in [0.717, 1.165) is 0 Å². The smallest absolute Gasteiger partial charge is 0.338 e. The Kier molecular flexibility index (Phi) is 9.69. The van der Waals surface area contributed by atoms with Gasteiger partial charge in [0.05, 0.1) is 33.3 Å². The van der Waals surface area contributed by atoms with Crippen LogP contribution >= 0.6 is 0 Å². The molecule has 0 spiro atoms. The summed E-state index contributed by atoms with van der Waals surface area (Å²) in [6.45, 7) is 4.96. The van der Waals surface area contributed by atoms with Gasteiger partial charge >= 0.3 is 23.9 Å². The van der Waals surface area contributed by atoms with Gasteiger partial charge < -0.3 is 37.9 Å². The van der Waals surface area contributed by atoms with E-state index in [9.17, 15) is 19.2 Å². The third-order valence-corrected chi connectivity index (χ3v) is 5.08. The van der Waals surface area contributed by atoms with Crippen LogP contribution in [0.25, 0.3) is 0 Å². The van der Waals surface area contributed by atoms with Crippen LogP contribution in [0.1, 0.15) is 43.1 Å². The van der Waals surface area contributed by atoms with Gasteiger partial charge in [-0.2, -0.15) is 0 Å². The van der Waals surface area contributed by atoms with Gasteiger partial charge in [0.25, 0.3) is 0 Å².